The topological polar surface area (TPSA) is 34.2 Å². The van der Waals surface area contributed by atoms with Gasteiger partial charge < -0.3 is 15.2 Å². The van der Waals surface area contributed by atoms with Crippen LogP contribution in [0.15, 0.2) is 18.2 Å². The Hall–Kier alpha value is -1.48. The van der Waals surface area contributed by atoms with Gasteiger partial charge in [-0.25, -0.2) is 0 Å². The highest BCUT2D eigenvalue weighted by Crippen LogP contribution is 2.49. The van der Waals surface area contributed by atoms with Gasteiger partial charge in [-0.2, -0.15) is 0 Å². The van der Waals surface area contributed by atoms with Gasteiger partial charge in [0.05, 0.1) is 5.52 Å². The maximum Gasteiger partial charge on any atom is 0.112 e. The summed E-state index contributed by atoms with van der Waals surface area (Å²) in [5.41, 5.74) is 11.1. The van der Waals surface area contributed by atoms with Crippen LogP contribution in [0, 0.1) is 0 Å². The zero-order chi connectivity index (χ0) is 14.9. The molecule has 0 radical (unpaired) electrons. The molecule has 22 heavy (non-hydrogen) atoms. The van der Waals surface area contributed by atoms with Crippen LogP contribution >= 0.6 is 0 Å². The van der Waals surface area contributed by atoms with Crippen LogP contribution < -0.4 is 10.6 Å². The molecule has 0 unspecified atom stereocenters. The lowest BCUT2D eigenvalue weighted by Crippen LogP contribution is -2.39. The van der Waals surface area contributed by atoms with E-state index in [2.05, 4.69) is 34.7 Å². The van der Waals surface area contributed by atoms with E-state index in [0.29, 0.717) is 0 Å². The summed E-state index contributed by atoms with van der Waals surface area (Å²) < 4.78 is 2.46. The van der Waals surface area contributed by atoms with Crippen molar-refractivity contribution in [2.45, 2.75) is 50.0 Å². The van der Waals surface area contributed by atoms with Crippen molar-refractivity contribution >= 4 is 16.7 Å². The fourth-order valence-corrected chi connectivity index (χ4v) is 5.37. The van der Waals surface area contributed by atoms with Gasteiger partial charge in [-0.3, -0.25) is 0 Å². The first-order chi connectivity index (χ1) is 10.7. The molecule has 3 aliphatic heterocycles. The minimum atomic E-state index is -0.109. The molecule has 2 N–H and O–H groups in total. The molecular weight excluding hydrogens is 270 g/mol. The second kappa shape index (κ2) is 4.29. The number of aromatic nitrogens is 1. The monoisotopic (exact) mass is 295 g/mol. The molecule has 116 valence electrons. The van der Waals surface area contributed by atoms with Crippen molar-refractivity contribution < 1.29 is 0 Å². The first kappa shape index (κ1) is 13.0. The Morgan fingerprint density at radius 3 is 2.59 bits per heavy atom. The number of para-hydroxylation sites is 1. The molecule has 0 atom stereocenters. The fraction of sp³-hybridized carbons (Fsp3) is 0.579. The SMILES string of the molecule is Cn1c2c(c3cccc(C4(N)CCCC4)c31)C1CCN2CC1. The molecule has 2 aromatic rings. The highest BCUT2D eigenvalue weighted by atomic mass is 15.3. The highest BCUT2D eigenvalue weighted by molar-refractivity contribution is 5.94. The van der Waals surface area contributed by atoms with Gasteiger partial charge in [0.1, 0.15) is 5.82 Å². The Balaban J connectivity index is 1.83. The summed E-state index contributed by atoms with van der Waals surface area (Å²) >= 11 is 0. The van der Waals surface area contributed by atoms with Crippen LogP contribution in [0.4, 0.5) is 5.82 Å². The van der Waals surface area contributed by atoms with Gasteiger partial charge in [0.2, 0.25) is 0 Å². The number of aryl methyl sites for hydroxylation is 1. The predicted molar refractivity (Wildman–Crippen MR) is 91.4 cm³/mol. The fourth-order valence-electron chi connectivity index (χ4n) is 5.37. The standard InChI is InChI=1S/C19H25N3/c1-21-17-14(16-13-7-11-22(12-8-13)18(16)21)5-4-6-15(17)19(20)9-2-3-10-19/h4-6,13H,2-3,7-12,20H2,1H3. The van der Waals surface area contributed by atoms with Gasteiger partial charge in [-0.05, 0) is 37.2 Å². The first-order valence-electron chi connectivity index (χ1n) is 8.85. The van der Waals surface area contributed by atoms with E-state index in [4.69, 9.17) is 5.73 Å². The number of hydrogen-bond donors (Lipinski definition) is 1. The molecule has 2 bridgehead atoms. The predicted octanol–water partition coefficient (Wildman–Crippen LogP) is 3.60. The summed E-state index contributed by atoms with van der Waals surface area (Å²) in [6, 6.07) is 6.86. The van der Waals surface area contributed by atoms with Crippen LogP contribution in [0.1, 0.15) is 55.6 Å². The zero-order valence-corrected chi connectivity index (χ0v) is 13.4. The molecule has 4 heterocycles. The molecule has 0 spiro atoms. The third-order valence-electron chi connectivity index (χ3n) is 6.46. The average molecular weight is 295 g/mol. The first-order valence-corrected chi connectivity index (χ1v) is 8.85. The average Bonchev–Trinajstić information content (AvgIpc) is 3.13. The number of fused-ring (bicyclic) bond motifs is 3. The largest absolute Gasteiger partial charge is 0.358 e. The van der Waals surface area contributed by atoms with Crippen LogP contribution in [0.5, 0.6) is 0 Å². The number of piperidine rings is 1. The van der Waals surface area contributed by atoms with Crippen molar-refractivity contribution in [1.29, 1.82) is 0 Å². The van der Waals surface area contributed by atoms with Gasteiger partial charge in [-0.1, -0.05) is 31.0 Å². The molecular formula is C19H25N3. The summed E-state index contributed by atoms with van der Waals surface area (Å²) in [6.07, 6.45) is 7.45. The molecule has 1 aliphatic carbocycles. The van der Waals surface area contributed by atoms with Crippen LogP contribution in [0.3, 0.4) is 0 Å². The smallest absolute Gasteiger partial charge is 0.112 e. The molecule has 3 heteroatoms. The number of nitrogens with zero attached hydrogens (tertiary/aromatic N) is 2. The van der Waals surface area contributed by atoms with E-state index in [-0.39, 0.29) is 5.54 Å². The third-order valence-corrected chi connectivity index (χ3v) is 6.46. The van der Waals surface area contributed by atoms with E-state index in [9.17, 15) is 0 Å². The van der Waals surface area contributed by atoms with Crippen LogP contribution in [0.2, 0.25) is 0 Å². The van der Waals surface area contributed by atoms with Gasteiger partial charge in [0.15, 0.2) is 0 Å². The molecule has 1 aromatic heterocycles. The summed E-state index contributed by atoms with van der Waals surface area (Å²) in [7, 11) is 2.25. The van der Waals surface area contributed by atoms with Crippen molar-refractivity contribution in [2.24, 2.45) is 12.8 Å². The van der Waals surface area contributed by atoms with Crippen molar-refractivity contribution in [3.8, 4) is 0 Å². The molecule has 6 rings (SSSR count). The van der Waals surface area contributed by atoms with Crippen molar-refractivity contribution in [3.63, 3.8) is 0 Å². The van der Waals surface area contributed by atoms with E-state index in [1.807, 2.05) is 0 Å². The van der Waals surface area contributed by atoms with E-state index in [1.165, 1.54) is 61.1 Å². The highest BCUT2D eigenvalue weighted by Gasteiger charge is 2.38. The van der Waals surface area contributed by atoms with Gasteiger partial charge in [0, 0.05) is 36.6 Å². The Morgan fingerprint density at radius 2 is 1.86 bits per heavy atom. The Morgan fingerprint density at radius 1 is 1.14 bits per heavy atom. The number of hydrogen-bond acceptors (Lipinski definition) is 2. The van der Waals surface area contributed by atoms with Crippen LogP contribution in [-0.4, -0.2) is 17.7 Å². The summed E-state index contributed by atoms with van der Waals surface area (Å²) in [4.78, 5) is 2.59. The van der Waals surface area contributed by atoms with Crippen LogP contribution in [-0.2, 0) is 12.6 Å². The molecule has 1 aromatic carbocycles. The number of rotatable bonds is 1. The van der Waals surface area contributed by atoms with E-state index in [1.54, 1.807) is 5.56 Å². The Kier molecular flexibility index (Phi) is 2.53. The molecule has 1 saturated heterocycles. The normalized spacial score (nSPS) is 23.5. The minimum Gasteiger partial charge on any atom is -0.358 e. The third kappa shape index (κ3) is 1.50. The zero-order valence-electron chi connectivity index (χ0n) is 13.4. The lowest BCUT2D eigenvalue weighted by atomic mass is 9.83. The number of anilines is 1. The van der Waals surface area contributed by atoms with Gasteiger partial charge in [-0.15, -0.1) is 0 Å². The van der Waals surface area contributed by atoms with E-state index < -0.39 is 0 Å². The lowest BCUT2D eigenvalue weighted by molar-refractivity contribution is 0.462. The lowest BCUT2D eigenvalue weighted by Gasteiger charge is -2.41. The molecule has 3 nitrogen and oxygen atoms in total. The second-order valence-electron chi connectivity index (χ2n) is 7.62. The van der Waals surface area contributed by atoms with Crippen molar-refractivity contribution in [1.82, 2.24) is 4.57 Å². The second-order valence-corrected chi connectivity index (χ2v) is 7.62. The quantitative estimate of drug-likeness (QED) is 0.872. The molecule has 2 fully saturated rings. The van der Waals surface area contributed by atoms with Crippen LogP contribution in [0.25, 0.3) is 10.9 Å². The van der Waals surface area contributed by atoms with Crippen molar-refractivity contribution in [3.05, 3.63) is 29.3 Å². The van der Waals surface area contributed by atoms with Gasteiger partial charge >= 0.3 is 0 Å². The maximum atomic E-state index is 6.83. The Labute approximate surface area is 132 Å². The maximum absolute atomic E-state index is 6.83. The molecule has 0 amide bonds. The molecule has 4 aliphatic rings. The Bertz CT molecular complexity index is 744. The minimum absolute atomic E-state index is 0.109. The molecule has 1 saturated carbocycles. The van der Waals surface area contributed by atoms with Gasteiger partial charge in [0.25, 0.3) is 0 Å². The summed E-state index contributed by atoms with van der Waals surface area (Å²) in [5.74, 6) is 2.24. The summed E-state index contributed by atoms with van der Waals surface area (Å²) in [5, 5.41) is 1.47. The van der Waals surface area contributed by atoms with E-state index in [0.717, 1.165) is 18.8 Å². The van der Waals surface area contributed by atoms with Crippen molar-refractivity contribution in [2.75, 3.05) is 18.0 Å². The summed E-state index contributed by atoms with van der Waals surface area (Å²) in [6.45, 7) is 2.45. The van der Waals surface area contributed by atoms with E-state index >= 15 is 0 Å². The number of nitrogens with two attached hydrogens (primary N) is 1. The number of benzene rings is 1.